The van der Waals surface area contributed by atoms with Crippen molar-refractivity contribution in [1.82, 2.24) is 5.32 Å². The van der Waals surface area contributed by atoms with Gasteiger partial charge in [0, 0.05) is 17.3 Å². The molecule has 0 aliphatic heterocycles. The first-order valence-corrected chi connectivity index (χ1v) is 11.2. The lowest BCUT2D eigenvalue weighted by molar-refractivity contribution is 0.0602. The number of hydrogen-bond donors (Lipinski definition) is 2. The fraction of sp³-hybridized carbons (Fsp3) is 0.250. The number of ether oxygens (including phenoxy) is 1. The van der Waals surface area contributed by atoms with Crippen LogP contribution >= 0.6 is 23.6 Å². The van der Waals surface area contributed by atoms with E-state index >= 15 is 0 Å². The van der Waals surface area contributed by atoms with Gasteiger partial charge in [-0.3, -0.25) is 0 Å². The van der Waals surface area contributed by atoms with Gasteiger partial charge in [-0.1, -0.05) is 67.6 Å². The zero-order valence-corrected chi connectivity index (χ0v) is 18.8. The number of thiophene rings is 1. The molecule has 0 fully saturated rings. The Morgan fingerprint density at radius 2 is 1.67 bits per heavy atom. The molecule has 0 aliphatic rings. The molecule has 30 heavy (non-hydrogen) atoms. The number of aryl methyl sites for hydroxylation is 1. The molecule has 0 unspecified atom stereocenters. The monoisotopic (exact) mass is 438 g/mol. The van der Waals surface area contributed by atoms with Gasteiger partial charge in [0.15, 0.2) is 5.11 Å². The Morgan fingerprint density at radius 1 is 1.07 bits per heavy atom. The van der Waals surface area contributed by atoms with Crippen molar-refractivity contribution in [3.63, 3.8) is 0 Å². The molecule has 0 atom stereocenters. The predicted octanol–water partition coefficient (Wildman–Crippen LogP) is 5.61. The van der Waals surface area contributed by atoms with E-state index in [0.717, 1.165) is 22.7 Å². The van der Waals surface area contributed by atoms with Crippen LogP contribution in [0.4, 0.5) is 5.00 Å². The topological polar surface area (TPSA) is 50.4 Å². The van der Waals surface area contributed by atoms with E-state index in [4.69, 9.17) is 17.0 Å². The highest BCUT2D eigenvalue weighted by atomic mass is 32.1. The minimum absolute atomic E-state index is 0.279. The van der Waals surface area contributed by atoms with Gasteiger partial charge in [-0.15, -0.1) is 11.3 Å². The van der Waals surface area contributed by atoms with Crippen LogP contribution in [-0.2, 0) is 11.2 Å². The molecule has 3 rings (SSSR count). The van der Waals surface area contributed by atoms with E-state index in [1.807, 2.05) is 18.2 Å². The molecule has 156 valence electrons. The maximum Gasteiger partial charge on any atom is 0.340 e. The Labute approximate surface area is 187 Å². The molecule has 0 saturated heterocycles. The van der Waals surface area contributed by atoms with E-state index in [1.54, 1.807) is 0 Å². The smallest absolute Gasteiger partial charge is 0.340 e. The molecule has 2 N–H and O–H groups in total. The summed E-state index contributed by atoms with van der Waals surface area (Å²) in [7, 11) is 1.39. The molecule has 0 saturated carbocycles. The van der Waals surface area contributed by atoms with Crippen LogP contribution in [-0.4, -0.2) is 24.7 Å². The van der Waals surface area contributed by atoms with Gasteiger partial charge in [0.25, 0.3) is 0 Å². The van der Waals surface area contributed by atoms with Crippen LogP contribution in [0.2, 0.25) is 0 Å². The quantitative estimate of drug-likeness (QED) is 0.354. The minimum atomic E-state index is -0.357. The molecule has 3 aromatic rings. The summed E-state index contributed by atoms with van der Waals surface area (Å²) in [5.41, 5.74) is 3.08. The molecule has 6 heteroatoms. The summed E-state index contributed by atoms with van der Waals surface area (Å²) < 4.78 is 4.89. The maximum absolute atomic E-state index is 12.0. The third kappa shape index (κ3) is 5.68. The second kappa shape index (κ2) is 10.9. The summed E-state index contributed by atoms with van der Waals surface area (Å²) in [5, 5.41) is 7.68. The van der Waals surface area contributed by atoms with E-state index in [9.17, 15) is 4.79 Å². The highest BCUT2D eigenvalue weighted by molar-refractivity contribution is 7.80. The van der Waals surface area contributed by atoms with Crippen LogP contribution in [0, 0.1) is 0 Å². The van der Waals surface area contributed by atoms with Gasteiger partial charge in [0.1, 0.15) is 5.00 Å². The molecule has 0 radical (unpaired) electrons. The third-order valence-corrected chi connectivity index (χ3v) is 6.33. The number of thiocarbonyl (C=S) groups is 1. The molecule has 1 aromatic heterocycles. The van der Waals surface area contributed by atoms with Crippen LogP contribution < -0.4 is 10.6 Å². The number of rotatable bonds is 8. The lowest BCUT2D eigenvalue weighted by Gasteiger charge is -2.19. The van der Waals surface area contributed by atoms with E-state index < -0.39 is 0 Å². The highest BCUT2D eigenvalue weighted by Gasteiger charge is 2.18. The lowest BCUT2D eigenvalue weighted by atomic mass is 9.88. The summed E-state index contributed by atoms with van der Waals surface area (Å²) in [4.78, 5) is 13.1. The zero-order chi connectivity index (χ0) is 21.3. The van der Waals surface area contributed by atoms with Crippen LogP contribution in [0.1, 0.15) is 45.6 Å². The van der Waals surface area contributed by atoms with E-state index in [2.05, 4.69) is 66.1 Å². The molecular weight excluding hydrogens is 412 g/mol. The van der Waals surface area contributed by atoms with Gasteiger partial charge in [-0.05, 0) is 42.3 Å². The Hall–Kier alpha value is -2.70. The highest BCUT2D eigenvalue weighted by Crippen LogP contribution is 2.30. The number of nitrogens with one attached hydrogen (secondary N) is 2. The Bertz CT molecular complexity index is 932. The van der Waals surface area contributed by atoms with Gasteiger partial charge in [0.05, 0.1) is 12.7 Å². The van der Waals surface area contributed by atoms with Crippen molar-refractivity contribution in [2.45, 2.75) is 25.7 Å². The van der Waals surface area contributed by atoms with Gasteiger partial charge in [0.2, 0.25) is 0 Å². The van der Waals surface area contributed by atoms with Crippen molar-refractivity contribution in [3.8, 4) is 0 Å². The average Bonchev–Trinajstić information content (AvgIpc) is 3.20. The zero-order valence-electron chi connectivity index (χ0n) is 17.2. The first kappa shape index (κ1) is 22.0. The van der Waals surface area contributed by atoms with E-state index in [-0.39, 0.29) is 11.9 Å². The van der Waals surface area contributed by atoms with Crippen LogP contribution in [0.5, 0.6) is 0 Å². The number of methoxy groups -OCH3 is 1. The van der Waals surface area contributed by atoms with Crippen LogP contribution in [0.15, 0.2) is 66.7 Å². The van der Waals surface area contributed by atoms with Crippen LogP contribution in [0.3, 0.4) is 0 Å². The summed E-state index contributed by atoms with van der Waals surface area (Å²) in [6.45, 7) is 2.76. The van der Waals surface area contributed by atoms with Gasteiger partial charge in [-0.25, -0.2) is 4.79 Å². The molecule has 1 heterocycles. The fourth-order valence-corrected chi connectivity index (χ4v) is 4.60. The van der Waals surface area contributed by atoms with Crippen molar-refractivity contribution >= 4 is 39.6 Å². The number of carbonyl (C=O) groups is 1. The molecule has 4 nitrogen and oxygen atoms in total. The van der Waals surface area contributed by atoms with Crippen molar-refractivity contribution < 1.29 is 9.53 Å². The maximum atomic E-state index is 12.0. The SMILES string of the molecule is CCc1cc(C(=O)OC)c(NC(=S)NCCC(c2ccccc2)c2ccccc2)s1. The minimum Gasteiger partial charge on any atom is -0.465 e. The molecule has 0 aliphatic carbocycles. The van der Waals surface area contributed by atoms with Gasteiger partial charge < -0.3 is 15.4 Å². The largest absolute Gasteiger partial charge is 0.465 e. The van der Waals surface area contributed by atoms with Crippen molar-refractivity contribution in [2.75, 3.05) is 19.0 Å². The summed E-state index contributed by atoms with van der Waals surface area (Å²) in [6, 6.07) is 22.9. The van der Waals surface area contributed by atoms with Crippen molar-refractivity contribution in [2.24, 2.45) is 0 Å². The molecule has 0 spiro atoms. The second-order valence-corrected chi connectivity index (χ2v) is 8.39. The number of esters is 1. The Morgan fingerprint density at radius 3 is 2.20 bits per heavy atom. The molecular formula is C24H26N2O2S2. The first-order valence-electron chi connectivity index (χ1n) is 9.98. The normalized spacial score (nSPS) is 10.6. The standard InChI is InChI=1S/C24H26N2O2S2/c1-3-19-16-21(23(27)28-2)22(30-19)26-24(29)25-15-14-20(17-10-6-4-7-11-17)18-12-8-5-9-13-18/h4-13,16,20H,3,14-15H2,1-2H3,(H2,25,26,29). The lowest BCUT2D eigenvalue weighted by Crippen LogP contribution is -2.30. The number of hydrogen-bond acceptors (Lipinski definition) is 4. The van der Waals surface area contributed by atoms with Gasteiger partial charge in [-0.2, -0.15) is 0 Å². The van der Waals surface area contributed by atoms with Gasteiger partial charge >= 0.3 is 5.97 Å². The number of benzene rings is 2. The predicted molar refractivity (Wildman–Crippen MR) is 129 cm³/mol. The third-order valence-electron chi connectivity index (χ3n) is 4.89. The average molecular weight is 439 g/mol. The second-order valence-electron chi connectivity index (χ2n) is 6.84. The van der Waals surface area contributed by atoms with Crippen molar-refractivity contribution in [1.29, 1.82) is 0 Å². The molecule has 0 amide bonds. The molecule has 2 aromatic carbocycles. The Balaban J connectivity index is 1.64. The molecule has 0 bridgehead atoms. The summed E-state index contributed by atoms with van der Waals surface area (Å²) in [6.07, 6.45) is 1.75. The summed E-state index contributed by atoms with van der Waals surface area (Å²) >= 11 is 7.01. The summed E-state index contributed by atoms with van der Waals surface area (Å²) in [5.74, 6) is -0.0776. The first-order chi connectivity index (χ1) is 14.6. The van der Waals surface area contributed by atoms with E-state index in [1.165, 1.54) is 29.6 Å². The number of carbonyl (C=O) groups excluding carboxylic acids is 1. The van der Waals surface area contributed by atoms with Crippen LogP contribution in [0.25, 0.3) is 0 Å². The van der Waals surface area contributed by atoms with E-state index in [0.29, 0.717) is 17.2 Å². The fourth-order valence-electron chi connectivity index (χ4n) is 3.34. The number of anilines is 1. The van der Waals surface area contributed by atoms with Crippen molar-refractivity contribution in [3.05, 3.63) is 88.3 Å². The Kier molecular flexibility index (Phi) is 7.99.